The monoisotopic (exact) mass is 296 g/mol. The van der Waals surface area contributed by atoms with Crippen LogP contribution < -0.4 is 10.6 Å². The topological polar surface area (TPSA) is 70.6 Å². The van der Waals surface area contributed by atoms with Gasteiger partial charge in [0.25, 0.3) is 0 Å². The van der Waals surface area contributed by atoms with E-state index >= 15 is 0 Å². The summed E-state index contributed by atoms with van der Waals surface area (Å²) in [7, 11) is 1.57. The third kappa shape index (κ3) is 4.41. The molecular weight excluding hydrogens is 275 g/mol. The molecule has 1 aromatic carbocycles. The molecule has 116 valence electrons. The van der Waals surface area contributed by atoms with Crippen LogP contribution in [0.4, 0.5) is 9.18 Å². The van der Waals surface area contributed by atoms with Gasteiger partial charge in [0.2, 0.25) is 0 Å². The average Bonchev–Trinajstić information content (AvgIpc) is 2.43. The van der Waals surface area contributed by atoms with E-state index in [9.17, 15) is 14.3 Å². The van der Waals surface area contributed by atoms with Gasteiger partial charge in [-0.25, -0.2) is 9.18 Å². The van der Waals surface area contributed by atoms with E-state index in [1.165, 1.54) is 12.1 Å². The molecule has 0 aliphatic heterocycles. The Kier molecular flexibility index (Phi) is 5.52. The van der Waals surface area contributed by atoms with E-state index in [-0.39, 0.29) is 29.9 Å². The average molecular weight is 296 g/mol. The summed E-state index contributed by atoms with van der Waals surface area (Å²) in [5.74, 6) is -0.144. The highest BCUT2D eigenvalue weighted by Gasteiger charge is 2.35. The fourth-order valence-corrected chi connectivity index (χ4v) is 2.50. The maximum atomic E-state index is 13.0. The Morgan fingerprint density at radius 2 is 2.10 bits per heavy atom. The number of urea groups is 1. The zero-order chi connectivity index (χ0) is 15.2. The molecule has 6 heteroatoms. The molecule has 1 atom stereocenters. The van der Waals surface area contributed by atoms with E-state index in [1.54, 1.807) is 19.2 Å². The fourth-order valence-electron chi connectivity index (χ4n) is 2.50. The summed E-state index contributed by atoms with van der Waals surface area (Å²) in [4.78, 5) is 11.9. The van der Waals surface area contributed by atoms with Crippen molar-refractivity contribution in [3.05, 3.63) is 35.6 Å². The number of benzene rings is 1. The van der Waals surface area contributed by atoms with Crippen molar-refractivity contribution in [2.24, 2.45) is 5.92 Å². The van der Waals surface area contributed by atoms with Crippen LogP contribution in [0.25, 0.3) is 0 Å². The summed E-state index contributed by atoms with van der Waals surface area (Å²) in [6.45, 7) is 0.864. The first-order chi connectivity index (χ1) is 10.1. The maximum absolute atomic E-state index is 13.0. The van der Waals surface area contributed by atoms with Crippen molar-refractivity contribution in [3.8, 4) is 0 Å². The molecule has 1 aromatic rings. The number of rotatable bonds is 6. The van der Waals surface area contributed by atoms with Gasteiger partial charge in [-0.2, -0.15) is 0 Å². The van der Waals surface area contributed by atoms with Gasteiger partial charge in [0, 0.05) is 13.7 Å². The molecule has 1 fully saturated rings. The van der Waals surface area contributed by atoms with Gasteiger partial charge in [-0.3, -0.25) is 0 Å². The van der Waals surface area contributed by atoms with Crippen LogP contribution in [-0.2, 0) is 4.74 Å². The smallest absolute Gasteiger partial charge is 0.315 e. The van der Waals surface area contributed by atoms with Gasteiger partial charge in [-0.1, -0.05) is 12.1 Å². The lowest BCUT2D eigenvalue weighted by molar-refractivity contribution is 0.0259. The van der Waals surface area contributed by atoms with E-state index in [1.807, 2.05) is 0 Å². The second-order valence-corrected chi connectivity index (χ2v) is 5.31. The van der Waals surface area contributed by atoms with Crippen molar-refractivity contribution >= 4 is 6.03 Å². The van der Waals surface area contributed by atoms with Crippen LogP contribution >= 0.6 is 0 Å². The van der Waals surface area contributed by atoms with Crippen molar-refractivity contribution in [2.45, 2.75) is 25.0 Å². The molecule has 3 N–H and O–H groups in total. The number of hydrogen-bond acceptors (Lipinski definition) is 3. The maximum Gasteiger partial charge on any atom is 0.315 e. The Hall–Kier alpha value is -1.66. The molecule has 0 unspecified atom stereocenters. The van der Waals surface area contributed by atoms with Crippen LogP contribution in [0.3, 0.4) is 0 Å². The highest BCUT2D eigenvalue weighted by atomic mass is 19.1. The highest BCUT2D eigenvalue weighted by Crippen LogP contribution is 2.38. The van der Waals surface area contributed by atoms with E-state index in [0.717, 1.165) is 5.56 Å². The van der Waals surface area contributed by atoms with Crippen LogP contribution in [-0.4, -0.2) is 37.5 Å². The van der Waals surface area contributed by atoms with Crippen molar-refractivity contribution in [1.29, 1.82) is 0 Å². The summed E-state index contributed by atoms with van der Waals surface area (Å²) in [5, 5.41) is 15.1. The number of ether oxygens (including phenoxy) is 1. The van der Waals surface area contributed by atoms with Gasteiger partial charge < -0.3 is 20.5 Å². The number of aliphatic hydroxyl groups excluding tert-OH is 1. The third-order valence-electron chi connectivity index (χ3n) is 3.73. The first-order valence-corrected chi connectivity index (χ1v) is 7.07. The van der Waals surface area contributed by atoms with E-state index in [4.69, 9.17) is 4.74 Å². The molecule has 0 saturated heterocycles. The van der Waals surface area contributed by atoms with Crippen molar-refractivity contribution in [1.82, 2.24) is 10.6 Å². The lowest BCUT2D eigenvalue weighted by atomic mass is 9.75. The van der Waals surface area contributed by atoms with Crippen molar-refractivity contribution in [3.63, 3.8) is 0 Å². The quantitative estimate of drug-likeness (QED) is 0.698. The Labute approximate surface area is 123 Å². The summed E-state index contributed by atoms with van der Waals surface area (Å²) in [6, 6.07) is 5.57. The summed E-state index contributed by atoms with van der Waals surface area (Å²) < 4.78 is 17.9. The zero-order valence-corrected chi connectivity index (χ0v) is 12.0. The summed E-state index contributed by atoms with van der Waals surface area (Å²) >= 11 is 0. The number of carbonyl (C=O) groups excluding carboxylic acids is 1. The zero-order valence-electron chi connectivity index (χ0n) is 12.0. The number of halogens is 1. The number of methoxy groups -OCH3 is 1. The lowest BCUT2D eigenvalue weighted by Crippen LogP contribution is -2.45. The Morgan fingerprint density at radius 1 is 1.43 bits per heavy atom. The number of carbonyl (C=O) groups is 1. The number of nitrogens with one attached hydrogen (secondary N) is 2. The molecule has 0 heterocycles. The molecule has 0 radical (unpaired) electrons. The molecule has 0 spiro atoms. The molecule has 1 saturated carbocycles. The lowest BCUT2D eigenvalue weighted by Gasteiger charge is -2.38. The Morgan fingerprint density at radius 3 is 2.67 bits per heavy atom. The van der Waals surface area contributed by atoms with E-state index in [2.05, 4.69) is 10.6 Å². The van der Waals surface area contributed by atoms with Crippen LogP contribution in [0, 0.1) is 11.7 Å². The van der Waals surface area contributed by atoms with Crippen LogP contribution in [0.1, 0.15) is 24.4 Å². The first kappa shape index (κ1) is 15.7. The number of amides is 2. The molecule has 2 rings (SSSR count). The van der Waals surface area contributed by atoms with Gasteiger partial charge in [0.05, 0.1) is 18.8 Å². The van der Waals surface area contributed by atoms with Crippen LogP contribution in [0.15, 0.2) is 24.3 Å². The minimum atomic E-state index is -0.310. The third-order valence-corrected chi connectivity index (χ3v) is 3.73. The molecule has 2 amide bonds. The summed E-state index contributed by atoms with van der Waals surface area (Å²) in [6.07, 6.45) is 0.970. The largest absolute Gasteiger partial charge is 0.393 e. The minimum Gasteiger partial charge on any atom is -0.393 e. The summed E-state index contributed by atoms with van der Waals surface area (Å²) in [5.41, 5.74) is 0.843. The molecule has 1 aliphatic carbocycles. The fraction of sp³-hybridized carbons (Fsp3) is 0.533. The first-order valence-electron chi connectivity index (χ1n) is 7.07. The molecule has 5 nitrogen and oxygen atoms in total. The van der Waals surface area contributed by atoms with E-state index < -0.39 is 0 Å². The Balaban J connectivity index is 1.99. The van der Waals surface area contributed by atoms with E-state index in [0.29, 0.717) is 26.0 Å². The SMILES string of the molecule is COCCNC(=O)N[C@H](c1ccc(F)cc1)C1CC(O)C1. The molecule has 21 heavy (non-hydrogen) atoms. The van der Waals surface area contributed by atoms with Gasteiger partial charge >= 0.3 is 6.03 Å². The van der Waals surface area contributed by atoms with Gasteiger partial charge in [-0.05, 0) is 36.5 Å². The number of hydrogen-bond donors (Lipinski definition) is 3. The predicted octanol–water partition coefficient (Wildman–Crippen LogP) is 1.58. The van der Waals surface area contributed by atoms with Crippen molar-refractivity contribution in [2.75, 3.05) is 20.3 Å². The Bertz CT molecular complexity index is 460. The number of aliphatic hydroxyl groups is 1. The molecular formula is C15H21FN2O3. The van der Waals surface area contributed by atoms with Gasteiger partial charge in [-0.15, -0.1) is 0 Å². The predicted molar refractivity (Wildman–Crippen MR) is 76.3 cm³/mol. The van der Waals surface area contributed by atoms with Gasteiger partial charge in [0.15, 0.2) is 0 Å². The van der Waals surface area contributed by atoms with Crippen LogP contribution in [0.5, 0.6) is 0 Å². The standard InChI is InChI=1S/C15H21FN2O3/c1-21-7-6-17-15(20)18-14(11-8-13(19)9-11)10-2-4-12(16)5-3-10/h2-5,11,13-14,19H,6-9H2,1H3,(H2,17,18,20)/t11?,13?,14-/m1/s1. The second-order valence-electron chi connectivity index (χ2n) is 5.31. The van der Waals surface area contributed by atoms with Crippen LogP contribution in [0.2, 0.25) is 0 Å². The van der Waals surface area contributed by atoms with Gasteiger partial charge in [0.1, 0.15) is 5.82 Å². The molecule has 0 aromatic heterocycles. The normalized spacial score (nSPS) is 22.2. The molecule has 1 aliphatic rings. The van der Waals surface area contributed by atoms with Crippen molar-refractivity contribution < 1.29 is 19.0 Å². The molecule has 0 bridgehead atoms. The second kappa shape index (κ2) is 7.38. The highest BCUT2D eigenvalue weighted by molar-refractivity contribution is 5.74. The minimum absolute atomic E-state index is 0.165.